The van der Waals surface area contributed by atoms with Crippen molar-refractivity contribution < 1.29 is 24.0 Å². The van der Waals surface area contributed by atoms with Gasteiger partial charge in [-0.15, -0.1) is 0 Å². The van der Waals surface area contributed by atoms with Crippen LogP contribution in [0.5, 0.6) is 11.5 Å². The van der Waals surface area contributed by atoms with E-state index in [1.54, 1.807) is 12.1 Å². The first-order chi connectivity index (χ1) is 15.7. The number of amides is 2. The molecule has 2 aromatic rings. The van der Waals surface area contributed by atoms with Gasteiger partial charge in [0.15, 0.2) is 12.4 Å². The lowest BCUT2D eigenvalue weighted by atomic mass is 10.0. The highest BCUT2D eigenvalue weighted by Crippen LogP contribution is 2.26. The third-order valence-electron chi connectivity index (χ3n) is 4.60. The summed E-state index contributed by atoms with van der Waals surface area (Å²) in [7, 11) is 1.34. The maximum atomic E-state index is 12.6. The molecule has 0 saturated carbocycles. The molecule has 0 saturated heterocycles. The zero-order valence-electron chi connectivity index (χ0n) is 19.0. The number of methoxy groups -OCH3 is 1. The highest BCUT2D eigenvalue weighted by atomic mass is 16.6. The minimum atomic E-state index is -0.819. The Morgan fingerprint density at radius 1 is 1.18 bits per heavy atom. The van der Waals surface area contributed by atoms with Gasteiger partial charge in [0.1, 0.15) is 11.8 Å². The van der Waals surface area contributed by atoms with Gasteiger partial charge in [-0.05, 0) is 43.0 Å². The van der Waals surface area contributed by atoms with Crippen LogP contribution < -0.4 is 20.2 Å². The van der Waals surface area contributed by atoms with Gasteiger partial charge in [0.25, 0.3) is 11.8 Å². The predicted octanol–water partition coefficient (Wildman–Crippen LogP) is 2.97. The van der Waals surface area contributed by atoms with Crippen LogP contribution in [0.1, 0.15) is 31.4 Å². The number of nitrogens with zero attached hydrogens (tertiary/aromatic N) is 2. The molecule has 0 unspecified atom stereocenters. The normalized spacial score (nSPS) is 11.8. The van der Waals surface area contributed by atoms with Crippen LogP contribution in [0.25, 0.3) is 0 Å². The Labute approximate surface area is 192 Å². The van der Waals surface area contributed by atoms with Gasteiger partial charge in [-0.3, -0.25) is 19.7 Å². The van der Waals surface area contributed by atoms with Crippen LogP contribution in [0.15, 0.2) is 47.6 Å². The van der Waals surface area contributed by atoms with Gasteiger partial charge >= 0.3 is 5.69 Å². The summed E-state index contributed by atoms with van der Waals surface area (Å²) >= 11 is 0. The highest BCUT2D eigenvalue weighted by molar-refractivity contribution is 5.89. The van der Waals surface area contributed by atoms with Crippen LogP contribution in [-0.2, 0) is 9.59 Å². The van der Waals surface area contributed by atoms with Gasteiger partial charge in [0.2, 0.25) is 0 Å². The Kier molecular flexibility index (Phi) is 9.34. The number of carbonyl (C=O) groups excluding carboxylic acids is 2. The molecule has 0 fully saturated rings. The summed E-state index contributed by atoms with van der Waals surface area (Å²) in [4.78, 5) is 35.5. The number of hydrogen-bond acceptors (Lipinski definition) is 7. The molecular weight excluding hydrogens is 428 g/mol. The molecule has 0 spiro atoms. The van der Waals surface area contributed by atoms with Crippen LogP contribution >= 0.6 is 0 Å². The summed E-state index contributed by atoms with van der Waals surface area (Å²) in [6, 6.07) is 10.8. The van der Waals surface area contributed by atoms with Gasteiger partial charge in [-0.2, -0.15) is 5.10 Å². The molecule has 0 aliphatic carbocycles. The molecule has 33 heavy (non-hydrogen) atoms. The smallest absolute Gasteiger partial charge is 0.311 e. The molecule has 176 valence electrons. The largest absolute Gasteiger partial charge is 0.490 e. The molecular formula is C23H28N4O6. The van der Waals surface area contributed by atoms with Gasteiger partial charge in [-0.25, -0.2) is 5.43 Å². The fourth-order valence-corrected chi connectivity index (χ4v) is 2.98. The second-order valence-corrected chi connectivity index (χ2v) is 7.73. The fraction of sp³-hybridized carbons (Fsp3) is 0.348. The lowest BCUT2D eigenvalue weighted by Crippen LogP contribution is -2.47. The Hall–Kier alpha value is -3.95. The van der Waals surface area contributed by atoms with Crippen molar-refractivity contribution >= 4 is 23.7 Å². The van der Waals surface area contributed by atoms with Crippen molar-refractivity contribution in [2.45, 2.75) is 33.2 Å². The molecule has 10 heteroatoms. The second kappa shape index (κ2) is 12.2. The molecule has 2 rings (SSSR count). The van der Waals surface area contributed by atoms with E-state index < -0.39 is 22.8 Å². The van der Waals surface area contributed by atoms with E-state index in [1.165, 1.54) is 25.5 Å². The van der Waals surface area contributed by atoms with E-state index in [1.807, 2.05) is 39.0 Å². The van der Waals surface area contributed by atoms with E-state index in [2.05, 4.69) is 15.8 Å². The number of carbonyl (C=O) groups is 2. The standard InChI is InChI=1S/C23H28N4O6/c1-15(2)11-18(25-22(28)14-33-20-8-6-5-7-16(20)3)23(29)26-24-13-17-9-10-21(32-4)19(12-17)27(30)31/h5-10,12-13,15,18H,11,14H2,1-4H3,(H,25,28)(H,26,29)/b24-13-/t18-/m1/s1. The van der Waals surface area contributed by atoms with E-state index in [4.69, 9.17) is 9.47 Å². The number of rotatable bonds is 11. The maximum Gasteiger partial charge on any atom is 0.311 e. The second-order valence-electron chi connectivity index (χ2n) is 7.73. The summed E-state index contributed by atoms with van der Waals surface area (Å²) in [5.41, 5.74) is 3.46. The number of nitro benzene ring substituents is 1. The van der Waals surface area contributed by atoms with Crippen LogP contribution in [0.3, 0.4) is 0 Å². The average Bonchev–Trinajstić information content (AvgIpc) is 2.77. The fourth-order valence-electron chi connectivity index (χ4n) is 2.98. The van der Waals surface area contributed by atoms with E-state index >= 15 is 0 Å². The SMILES string of the molecule is COc1ccc(/C=N\NC(=O)[C@@H](CC(C)C)NC(=O)COc2ccccc2C)cc1[N+](=O)[O-]. The molecule has 2 N–H and O–H groups in total. The predicted molar refractivity (Wildman–Crippen MR) is 123 cm³/mol. The topological polar surface area (TPSA) is 132 Å². The quantitative estimate of drug-likeness (QED) is 0.303. The number of benzene rings is 2. The van der Waals surface area contributed by atoms with E-state index in [-0.39, 0.29) is 24.0 Å². The number of ether oxygens (including phenoxy) is 2. The molecule has 0 aliphatic rings. The van der Waals surface area contributed by atoms with Gasteiger partial charge in [0, 0.05) is 11.6 Å². The average molecular weight is 456 g/mol. The summed E-state index contributed by atoms with van der Waals surface area (Å²) in [6.07, 6.45) is 1.67. The number of nitro groups is 1. The summed E-state index contributed by atoms with van der Waals surface area (Å²) < 4.78 is 10.5. The van der Waals surface area contributed by atoms with Crippen LogP contribution in [-0.4, -0.2) is 42.7 Å². The molecule has 10 nitrogen and oxygen atoms in total. The van der Waals surface area contributed by atoms with Crippen molar-refractivity contribution in [3.63, 3.8) is 0 Å². The third kappa shape index (κ3) is 7.91. The molecule has 2 aromatic carbocycles. The van der Waals surface area contributed by atoms with Crippen molar-refractivity contribution in [3.05, 3.63) is 63.7 Å². The third-order valence-corrected chi connectivity index (χ3v) is 4.60. The zero-order valence-corrected chi connectivity index (χ0v) is 19.0. The van der Waals surface area contributed by atoms with Crippen LogP contribution in [0.4, 0.5) is 5.69 Å². The first kappa shape index (κ1) is 25.3. The monoisotopic (exact) mass is 456 g/mol. The lowest BCUT2D eigenvalue weighted by molar-refractivity contribution is -0.385. The van der Waals surface area contributed by atoms with Crippen LogP contribution in [0, 0.1) is 23.0 Å². The molecule has 0 bridgehead atoms. The van der Waals surface area contributed by atoms with Gasteiger partial charge in [0.05, 0.1) is 18.2 Å². The van der Waals surface area contributed by atoms with Crippen molar-refractivity contribution in [2.24, 2.45) is 11.0 Å². The molecule has 2 amide bonds. The first-order valence-corrected chi connectivity index (χ1v) is 10.3. The minimum Gasteiger partial charge on any atom is -0.490 e. The van der Waals surface area contributed by atoms with E-state index in [0.717, 1.165) is 5.56 Å². The van der Waals surface area contributed by atoms with Crippen molar-refractivity contribution in [1.29, 1.82) is 0 Å². The molecule has 0 aliphatic heterocycles. The lowest BCUT2D eigenvalue weighted by Gasteiger charge is -2.19. The summed E-state index contributed by atoms with van der Waals surface area (Å²) in [5, 5.41) is 17.7. The maximum absolute atomic E-state index is 12.6. The van der Waals surface area contributed by atoms with Gasteiger partial charge in [-0.1, -0.05) is 32.0 Å². The van der Waals surface area contributed by atoms with E-state index in [9.17, 15) is 19.7 Å². The Morgan fingerprint density at radius 2 is 1.91 bits per heavy atom. The molecule has 1 atom stereocenters. The summed E-state index contributed by atoms with van der Waals surface area (Å²) in [6.45, 7) is 5.50. The Balaban J connectivity index is 1.99. The van der Waals surface area contributed by atoms with E-state index in [0.29, 0.717) is 17.7 Å². The summed E-state index contributed by atoms with van der Waals surface area (Å²) in [5.74, 6) is -0.0999. The number of para-hydroxylation sites is 1. The van der Waals surface area contributed by atoms with Crippen molar-refractivity contribution in [3.8, 4) is 11.5 Å². The van der Waals surface area contributed by atoms with Crippen LogP contribution in [0.2, 0.25) is 0 Å². The molecule has 0 heterocycles. The van der Waals surface area contributed by atoms with Crippen molar-refractivity contribution in [1.82, 2.24) is 10.7 Å². The highest BCUT2D eigenvalue weighted by Gasteiger charge is 2.22. The Morgan fingerprint density at radius 3 is 2.55 bits per heavy atom. The minimum absolute atomic E-state index is 0.119. The van der Waals surface area contributed by atoms with Gasteiger partial charge < -0.3 is 14.8 Å². The van der Waals surface area contributed by atoms with Crippen molar-refractivity contribution in [2.75, 3.05) is 13.7 Å². The zero-order chi connectivity index (χ0) is 24.4. The number of aryl methyl sites for hydroxylation is 1. The first-order valence-electron chi connectivity index (χ1n) is 10.3. The number of hydrazone groups is 1. The number of hydrogen-bond donors (Lipinski definition) is 2. The molecule has 0 aromatic heterocycles. The molecule has 0 radical (unpaired) electrons. The Bertz CT molecular complexity index is 1020. The number of nitrogens with one attached hydrogen (secondary N) is 2.